The number of imide groups is 1. The molecule has 28 heavy (non-hydrogen) atoms. The van der Waals surface area contributed by atoms with Crippen LogP contribution >= 0.6 is 0 Å². The molecule has 2 amide bonds. The van der Waals surface area contributed by atoms with E-state index in [9.17, 15) is 14.4 Å². The maximum Gasteiger partial charge on any atom is 0.417 e. The van der Waals surface area contributed by atoms with Crippen LogP contribution in [0.1, 0.15) is 39.5 Å². The van der Waals surface area contributed by atoms with Crippen molar-refractivity contribution in [1.29, 1.82) is 0 Å². The largest absolute Gasteiger partial charge is 0.479 e. The number of ether oxygens (including phenoxy) is 3. The third kappa shape index (κ3) is 5.20. The second-order valence-corrected chi connectivity index (χ2v) is 7.21. The molecule has 0 bridgehead atoms. The van der Waals surface area contributed by atoms with Crippen LogP contribution in [-0.4, -0.2) is 66.4 Å². The highest BCUT2D eigenvalue weighted by Crippen LogP contribution is 2.25. The van der Waals surface area contributed by atoms with Gasteiger partial charge < -0.3 is 19.3 Å². The summed E-state index contributed by atoms with van der Waals surface area (Å²) in [5, 5.41) is 8.81. The first kappa shape index (κ1) is 22.1. The number of ketones is 1. The number of allylic oxidation sites excluding steroid dienone is 2. The monoisotopic (exact) mass is 395 g/mol. The summed E-state index contributed by atoms with van der Waals surface area (Å²) in [5.74, 6) is -0.552. The summed E-state index contributed by atoms with van der Waals surface area (Å²) < 4.78 is 16.0. The number of cyclic esters (lactones) is 1. The first-order chi connectivity index (χ1) is 13.4. The van der Waals surface area contributed by atoms with E-state index in [0.29, 0.717) is 5.76 Å². The molecule has 2 rings (SSSR count). The SMILES string of the molecule is COC(C(=O)N1C(=O)OCC1C(C)C)C1OC(=CCCCCCO)C=CC1=O. The summed E-state index contributed by atoms with van der Waals surface area (Å²) in [6.07, 6.45) is 4.84. The molecule has 2 aliphatic rings. The van der Waals surface area contributed by atoms with Gasteiger partial charge >= 0.3 is 6.09 Å². The van der Waals surface area contributed by atoms with Crippen molar-refractivity contribution < 1.29 is 33.7 Å². The lowest BCUT2D eigenvalue weighted by atomic mass is 10.0. The third-order valence-electron chi connectivity index (χ3n) is 4.85. The topological polar surface area (TPSA) is 102 Å². The van der Waals surface area contributed by atoms with Gasteiger partial charge in [0.2, 0.25) is 0 Å². The number of carbonyl (C=O) groups excluding carboxylic acids is 3. The van der Waals surface area contributed by atoms with Gasteiger partial charge in [0.1, 0.15) is 12.4 Å². The van der Waals surface area contributed by atoms with Gasteiger partial charge in [-0.1, -0.05) is 20.3 Å². The molecule has 0 saturated carbocycles. The zero-order chi connectivity index (χ0) is 20.7. The fourth-order valence-electron chi connectivity index (χ4n) is 3.18. The van der Waals surface area contributed by atoms with E-state index in [0.717, 1.165) is 30.6 Å². The maximum atomic E-state index is 13.0. The number of unbranched alkanes of at least 4 members (excludes halogenated alkanes) is 3. The normalized spacial score (nSPS) is 24.6. The second kappa shape index (κ2) is 10.4. The average Bonchev–Trinajstić information content (AvgIpc) is 3.06. The van der Waals surface area contributed by atoms with E-state index in [-0.39, 0.29) is 19.1 Å². The van der Waals surface area contributed by atoms with Crippen molar-refractivity contribution in [3.63, 3.8) is 0 Å². The fourth-order valence-corrected chi connectivity index (χ4v) is 3.18. The minimum atomic E-state index is -1.25. The molecule has 3 unspecified atom stereocenters. The van der Waals surface area contributed by atoms with Crippen molar-refractivity contribution in [2.24, 2.45) is 5.92 Å². The third-order valence-corrected chi connectivity index (χ3v) is 4.85. The Balaban J connectivity index is 2.10. The van der Waals surface area contributed by atoms with Crippen molar-refractivity contribution in [3.8, 4) is 0 Å². The first-order valence-corrected chi connectivity index (χ1v) is 9.63. The number of carbonyl (C=O) groups is 3. The van der Waals surface area contributed by atoms with Gasteiger partial charge in [-0.25, -0.2) is 9.69 Å². The molecule has 0 aromatic carbocycles. The van der Waals surface area contributed by atoms with Crippen LogP contribution in [0.2, 0.25) is 0 Å². The molecule has 2 heterocycles. The van der Waals surface area contributed by atoms with Gasteiger partial charge in [-0.05, 0) is 43.4 Å². The molecular formula is C20H29NO7. The predicted molar refractivity (Wildman–Crippen MR) is 100 cm³/mol. The van der Waals surface area contributed by atoms with E-state index in [1.165, 1.54) is 13.2 Å². The van der Waals surface area contributed by atoms with Gasteiger partial charge in [0, 0.05) is 13.7 Å². The van der Waals surface area contributed by atoms with Gasteiger partial charge in [-0.3, -0.25) is 9.59 Å². The molecule has 0 aliphatic carbocycles. The summed E-state index contributed by atoms with van der Waals surface area (Å²) in [5.41, 5.74) is 0. The number of rotatable bonds is 9. The number of aliphatic hydroxyl groups excluding tert-OH is 1. The number of methoxy groups -OCH3 is 1. The minimum absolute atomic E-state index is 0.00477. The molecule has 8 heteroatoms. The second-order valence-electron chi connectivity index (χ2n) is 7.21. The lowest BCUT2D eigenvalue weighted by molar-refractivity contribution is -0.154. The molecule has 1 fully saturated rings. The van der Waals surface area contributed by atoms with E-state index >= 15 is 0 Å². The van der Waals surface area contributed by atoms with Gasteiger partial charge in [0.05, 0.1) is 6.04 Å². The quantitative estimate of drug-likeness (QED) is 0.595. The molecule has 0 aromatic rings. The summed E-state index contributed by atoms with van der Waals surface area (Å²) in [6, 6.07) is -0.409. The van der Waals surface area contributed by atoms with Crippen LogP contribution in [0.5, 0.6) is 0 Å². The van der Waals surface area contributed by atoms with Crippen molar-refractivity contribution in [3.05, 3.63) is 24.0 Å². The van der Waals surface area contributed by atoms with Crippen molar-refractivity contribution in [1.82, 2.24) is 4.90 Å². The van der Waals surface area contributed by atoms with Crippen LogP contribution in [0.3, 0.4) is 0 Å². The lowest BCUT2D eigenvalue weighted by Crippen LogP contribution is -2.53. The van der Waals surface area contributed by atoms with Crippen molar-refractivity contribution in [2.45, 2.75) is 57.8 Å². The summed E-state index contributed by atoms with van der Waals surface area (Å²) in [4.78, 5) is 38.4. The Morgan fingerprint density at radius 1 is 1.32 bits per heavy atom. The summed E-state index contributed by atoms with van der Waals surface area (Å²) in [7, 11) is 1.31. The van der Waals surface area contributed by atoms with Gasteiger partial charge in [-0.2, -0.15) is 0 Å². The first-order valence-electron chi connectivity index (χ1n) is 9.63. The molecule has 1 N–H and O–H groups in total. The minimum Gasteiger partial charge on any atom is -0.479 e. The standard InChI is InChI=1S/C20H29NO7/c1-13(2)15-12-27-20(25)21(15)19(24)18(26-3)17-16(23)10-9-14(28-17)8-6-4-5-7-11-22/h8-10,13,15,17-18,22H,4-7,11-12H2,1-3H3. The number of amides is 2. The Bertz CT molecular complexity index is 640. The van der Waals surface area contributed by atoms with E-state index in [1.54, 1.807) is 6.08 Å². The molecule has 2 aliphatic heterocycles. The van der Waals surface area contributed by atoms with E-state index in [4.69, 9.17) is 19.3 Å². The van der Waals surface area contributed by atoms with Crippen molar-refractivity contribution >= 4 is 17.8 Å². The van der Waals surface area contributed by atoms with Crippen LogP contribution in [0.15, 0.2) is 24.0 Å². The Labute approximate surface area is 165 Å². The van der Waals surface area contributed by atoms with Crippen LogP contribution in [-0.2, 0) is 23.8 Å². The Morgan fingerprint density at radius 2 is 2.07 bits per heavy atom. The summed E-state index contributed by atoms with van der Waals surface area (Å²) in [6.45, 7) is 4.06. The Morgan fingerprint density at radius 3 is 2.71 bits per heavy atom. The molecule has 1 saturated heterocycles. The smallest absolute Gasteiger partial charge is 0.417 e. The number of aliphatic hydroxyl groups is 1. The van der Waals surface area contributed by atoms with Gasteiger partial charge in [-0.15, -0.1) is 0 Å². The predicted octanol–water partition coefficient (Wildman–Crippen LogP) is 1.97. The number of hydrogen-bond acceptors (Lipinski definition) is 7. The number of hydrogen-bond donors (Lipinski definition) is 1. The molecule has 156 valence electrons. The van der Waals surface area contributed by atoms with Crippen LogP contribution in [0.4, 0.5) is 4.79 Å². The lowest BCUT2D eigenvalue weighted by Gasteiger charge is -2.31. The highest BCUT2D eigenvalue weighted by Gasteiger charge is 2.47. The van der Waals surface area contributed by atoms with Crippen molar-refractivity contribution in [2.75, 3.05) is 20.3 Å². The van der Waals surface area contributed by atoms with Gasteiger partial charge in [0.15, 0.2) is 18.0 Å². The molecular weight excluding hydrogens is 366 g/mol. The van der Waals surface area contributed by atoms with Crippen LogP contribution in [0.25, 0.3) is 0 Å². The average molecular weight is 395 g/mol. The molecule has 3 atom stereocenters. The Kier molecular flexibility index (Phi) is 8.19. The van der Waals surface area contributed by atoms with E-state index in [1.807, 2.05) is 19.9 Å². The van der Waals surface area contributed by atoms with Crippen LogP contribution < -0.4 is 0 Å². The molecule has 0 aromatic heterocycles. The highest BCUT2D eigenvalue weighted by atomic mass is 16.6. The Hall–Kier alpha value is -2.19. The zero-order valence-corrected chi connectivity index (χ0v) is 16.6. The van der Waals surface area contributed by atoms with Gasteiger partial charge in [0.25, 0.3) is 5.91 Å². The fraction of sp³-hybridized carbons (Fsp3) is 0.650. The zero-order valence-electron chi connectivity index (χ0n) is 16.6. The molecule has 8 nitrogen and oxygen atoms in total. The van der Waals surface area contributed by atoms with Crippen LogP contribution in [0, 0.1) is 5.92 Å². The summed E-state index contributed by atoms with van der Waals surface area (Å²) >= 11 is 0. The highest BCUT2D eigenvalue weighted by molar-refractivity contribution is 6.03. The maximum absolute atomic E-state index is 13.0. The van der Waals surface area contributed by atoms with E-state index < -0.39 is 36.0 Å². The molecule has 0 spiro atoms. The molecule has 0 radical (unpaired) electrons. The van der Waals surface area contributed by atoms with E-state index in [2.05, 4.69) is 0 Å². The number of nitrogens with zero attached hydrogens (tertiary/aromatic N) is 1.